The molecule has 0 bridgehead atoms. The lowest BCUT2D eigenvalue weighted by Crippen LogP contribution is -2.30. The van der Waals surface area contributed by atoms with Crippen LogP contribution in [0.4, 0.5) is 10.1 Å². The molecule has 0 unspecified atom stereocenters. The van der Waals surface area contributed by atoms with Crippen LogP contribution in [0.1, 0.15) is 31.0 Å². The Balaban J connectivity index is 1.87. The van der Waals surface area contributed by atoms with Crippen molar-refractivity contribution in [2.24, 2.45) is 4.99 Å². The number of carbonyl (C=O) groups excluding carboxylic acids is 1. The standard InChI is InChI=1S/C23H26FN3O2S/c1-5-29-22(28)20-15(2)25-23(30-14-16-6-10-18(24)11-7-16)26-21(20)17-8-12-19(13-9-17)27(3)4/h6-13,21H,5,14H2,1-4H3,(H,25,26)/t21-/m1/s1. The molecule has 2 aromatic carbocycles. The number of rotatable bonds is 6. The zero-order chi connectivity index (χ0) is 21.7. The van der Waals surface area contributed by atoms with Crippen LogP contribution in [-0.4, -0.2) is 31.8 Å². The molecule has 5 nitrogen and oxygen atoms in total. The molecule has 0 aliphatic carbocycles. The molecule has 0 aromatic heterocycles. The zero-order valence-electron chi connectivity index (χ0n) is 17.6. The number of benzene rings is 2. The minimum absolute atomic E-state index is 0.254. The summed E-state index contributed by atoms with van der Waals surface area (Å²) in [6, 6.07) is 14.0. The number of nitrogens with zero attached hydrogens (tertiary/aromatic N) is 2. The van der Waals surface area contributed by atoms with Gasteiger partial charge in [0.1, 0.15) is 11.9 Å². The third-order valence-corrected chi connectivity index (χ3v) is 5.69. The van der Waals surface area contributed by atoms with E-state index < -0.39 is 6.04 Å². The minimum Gasteiger partial charge on any atom is -0.463 e. The molecular formula is C23H26FN3O2S. The Hall–Kier alpha value is -2.80. The first kappa shape index (κ1) is 21.9. The molecule has 30 heavy (non-hydrogen) atoms. The van der Waals surface area contributed by atoms with Gasteiger partial charge in [0.2, 0.25) is 0 Å². The molecule has 3 rings (SSSR count). The SMILES string of the molecule is CCOC(=O)C1=C(C)NC(SCc2ccc(F)cc2)=N[C@@H]1c1ccc(N(C)C)cc1. The Morgan fingerprint density at radius 1 is 1.17 bits per heavy atom. The fourth-order valence-electron chi connectivity index (χ4n) is 3.12. The second-order valence-electron chi connectivity index (χ2n) is 7.12. The minimum atomic E-state index is -0.447. The Kier molecular flexibility index (Phi) is 7.15. The van der Waals surface area contributed by atoms with Crippen LogP contribution in [0.3, 0.4) is 0 Å². The van der Waals surface area contributed by atoms with Crippen LogP contribution in [0.2, 0.25) is 0 Å². The Morgan fingerprint density at radius 2 is 1.83 bits per heavy atom. The number of nitrogens with one attached hydrogen (secondary N) is 1. The summed E-state index contributed by atoms with van der Waals surface area (Å²) in [6.45, 7) is 3.95. The number of thioether (sulfide) groups is 1. The number of hydrogen-bond acceptors (Lipinski definition) is 6. The van der Waals surface area contributed by atoms with Crippen molar-refractivity contribution in [3.05, 3.63) is 76.7 Å². The number of esters is 1. The van der Waals surface area contributed by atoms with Crippen LogP contribution in [-0.2, 0) is 15.3 Å². The highest BCUT2D eigenvalue weighted by Crippen LogP contribution is 2.34. The molecule has 1 aliphatic rings. The van der Waals surface area contributed by atoms with E-state index in [-0.39, 0.29) is 11.8 Å². The number of allylic oxidation sites excluding steroid dienone is 1. The summed E-state index contributed by atoms with van der Waals surface area (Å²) in [6.07, 6.45) is 0. The van der Waals surface area contributed by atoms with E-state index in [1.165, 1.54) is 23.9 Å². The van der Waals surface area contributed by atoms with E-state index >= 15 is 0 Å². The topological polar surface area (TPSA) is 53.9 Å². The van der Waals surface area contributed by atoms with Gasteiger partial charge in [-0.1, -0.05) is 36.0 Å². The van der Waals surface area contributed by atoms with Crippen LogP contribution < -0.4 is 10.2 Å². The summed E-state index contributed by atoms with van der Waals surface area (Å²) in [4.78, 5) is 19.5. The highest BCUT2D eigenvalue weighted by Gasteiger charge is 2.30. The number of aliphatic imine (C=N–C) groups is 1. The number of halogens is 1. The third-order valence-electron chi connectivity index (χ3n) is 4.73. The Labute approximate surface area is 181 Å². The average molecular weight is 428 g/mol. The number of ether oxygens (including phenoxy) is 1. The second-order valence-corrected chi connectivity index (χ2v) is 8.09. The van der Waals surface area contributed by atoms with Gasteiger partial charge >= 0.3 is 5.97 Å². The van der Waals surface area contributed by atoms with Crippen molar-refractivity contribution in [2.75, 3.05) is 25.6 Å². The van der Waals surface area contributed by atoms with E-state index in [4.69, 9.17) is 9.73 Å². The van der Waals surface area contributed by atoms with Crippen LogP contribution in [0.15, 0.2) is 64.8 Å². The van der Waals surface area contributed by atoms with Gasteiger partial charge in [0.15, 0.2) is 5.17 Å². The van der Waals surface area contributed by atoms with E-state index in [1.54, 1.807) is 19.1 Å². The molecule has 0 saturated carbocycles. The molecule has 0 saturated heterocycles. The Bertz CT molecular complexity index is 953. The first-order valence-electron chi connectivity index (χ1n) is 9.76. The molecule has 2 aromatic rings. The van der Waals surface area contributed by atoms with Crippen molar-refractivity contribution in [1.29, 1.82) is 0 Å². The monoisotopic (exact) mass is 427 g/mol. The van der Waals surface area contributed by atoms with Gasteiger partial charge in [0, 0.05) is 31.2 Å². The predicted octanol–water partition coefficient (Wildman–Crippen LogP) is 4.66. The summed E-state index contributed by atoms with van der Waals surface area (Å²) < 4.78 is 18.4. The summed E-state index contributed by atoms with van der Waals surface area (Å²) >= 11 is 1.52. The quantitative estimate of drug-likeness (QED) is 0.680. The number of hydrogen-bond donors (Lipinski definition) is 1. The van der Waals surface area contributed by atoms with E-state index in [0.717, 1.165) is 22.5 Å². The maximum atomic E-state index is 13.1. The molecule has 1 atom stereocenters. The lowest BCUT2D eigenvalue weighted by molar-refractivity contribution is -0.138. The van der Waals surface area contributed by atoms with Crippen LogP contribution >= 0.6 is 11.8 Å². The third kappa shape index (κ3) is 5.21. The van der Waals surface area contributed by atoms with Gasteiger partial charge < -0.3 is 15.0 Å². The van der Waals surface area contributed by atoms with Crippen LogP contribution in [0.5, 0.6) is 0 Å². The number of amidine groups is 1. The first-order chi connectivity index (χ1) is 14.4. The Morgan fingerprint density at radius 3 is 2.43 bits per heavy atom. The van der Waals surface area contributed by atoms with Crippen molar-refractivity contribution in [1.82, 2.24) is 5.32 Å². The van der Waals surface area contributed by atoms with Crippen LogP contribution in [0, 0.1) is 5.82 Å². The van der Waals surface area contributed by atoms with Gasteiger partial charge in [0.25, 0.3) is 0 Å². The molecule has 1 aliphatic heterocycles. The number of carbonyl (C=O) groups is 1. The van der Waals surface area contributed by atoms with Crippen molar-refractivity contribution in [2.45, 2.75) is 25.6 Å². The first-order valence-corrected chi connectivity index (χ1v) is 10.7. The molecule has 7 heteroatoms. The van der Waals surface area contributed by atoms with Gasteiger partial charge in [-0.15, -0.1) is 0 Å². The normalized spacial score (nSPS) is 16.0. The highest BCUT2D eigenvalue weighted by atomic mass is 32.2. The molecule has 0 amide bonds. The van der Waals surface area contributed by atoms with E-state index in [1.807, 2.05) is 50.2 Å². The summed E-state index contributed by atoms with van der Waals surface area (Å²) in [5.41, 5.74) is 4.23. The molecule has 1 N–H and O–H groups in total. The lowest BCUT2D eigenvalue weighted by Gasteiger charge is -2.26. The van der Waals surface area contributed by atoms with Gasteiger partial charge in [-0.25, -0.2) is 14.2 Å². The number of anilines is 1. The molecule has 0 spiro atoms. The molecule has 0 radical (unpaired) electrons. The predicted molar refractivity (Wildman–Crippen MR) is 121 cm³/mol. The zero-order valence-corrected chi connectivity index (χ0v) is 18.4. The van der Waals surface area contributed by atoms with Crippen molar-refractivity contribution < 1.29 is 13.9 Å². The van der Waals surface area contributed by atoms with E-state index in [2.05, 4.69) is 5.32 Å². The fraction of sp³-hybridized carbons (Fsp3) is 0.304. The van der Waals surface area contributed by atoms with Gasteiger partial charge in [-0.3, -0.25) is 0 Å². The van der Waals surface area contributed by atoms with Crippen LogP contribution in [0.25, 0.3) is 0 Å². The molecular weight excluding hydrogens is 401 g/mol. The summed E-state index contributed by atoms with van der Waals surface area (Å²) in [5, 5.41) is 3.94. The molecule has 1 heterocycles. The second kappa shape index (κ2) is 9.80. The van der Waals surface area contributed by atoms with E-state index in [9.17, 15) is 9.18 Å². The maximum absolute atomic E-state index is 13.1. The molecule has 0 fully saturated rings. The van der Waals surface area contributed by atoms with Gasteiger partial charge in [-0.2, -0.15) is 0 Å². The maximum Gasteiger partial charge on any atom is 0.338 e. The van der Waals surface area contributed by atoms with Crippen molar-refractivity contribution in [3.63, 3.8) is 0 Å². The summed E-state index contributed by atoms with van der Waals surface area (Å²) in [5.74, 6) is 0.0203. The van der Waals surface area contributed by atoms with Crippen molar-refractivity contribution >= 4 is 28.6 Å². The average Bonchev–Trinajstić information content (AvgIpc) is 2.73. The fourth-order valence-corrected chi connectivity index (χ4v) is 4.02. The van der Waals surface area contributed by atoms with E-state index in [0.29, 0.717) is 23.1 Å². The highest BCUT2D eigenvalue weighted by molar-refractivity contribution is 8.13. The molecule has 158 valence electrons. The largest absolute Gasteiger partial charge is 0.463 e. The van der Waals surface area contributed by atoms with Gasteiger partial charge in [0.05, 0.1) is 12.2 Å². The summed E-state index contributed by atoms with van der Waals surface area (Å²) in [7, 11) is 3.96. The smallest absolute Gasteiger partial charge is 0.338 e. The van der Waals surface area contributed by atoms with Gasteiger partial charge in [-0.05, 0) is 49.2 Å². The lowest BCUT2D eigenvalue weighted by atomic mass is 9.96. The van der Waals surface area contributed by atoms with Crippen molar-refractivity contribution in [3.8, 4) is 0 Å².